The molecule has 0 aliphatic rings. The molecule has 0 saturated carbocycles. The van der Waals surface area contributed by atoms with Gasteiger partial charge in [-0.15, -0.1) is 0 Å². The zero-order valence-electron chi connectivity index (χ0n) is 12.3. The summed E-state index contributed by atoms with van der Waals surface area (Å²) in [6.45, 7) is 12.7. The van der Waals surface area contributed by atoms with Gasteiger partial charge in [-0.05, 0) is 38.0 Å². The number of nitrogens with one attached hydrogen (secondary N) is 1. The highest BCUT2D eigenvalue weighted by atomic mass is 16.1. The lowest BCUT2D eigenvalue weighted by Crippen LogP contribution is -2.38. The Morgan fingerprint density at radius 1 is 1.24 bits per heavy atom. The van der Waals surface area contributed by atoms with Crippen LogP contribution in [0.1, 0.15) is 60.8 Å². The van der Waals surface area contributed by atoms with Gasteiger partial charge in [-0.25, -0.2) is 0 Å². The molecule has 0 fully saturated rings. The van der Waals surface area contributed by atoms with Crippen LogP contribution in [0, 0.1) is 11.3 Å². The average molecular weight is 242 g/mol. The molecule has 0 radical (unpaired) electrons. The van der Waals surface area contributed by atoms with Gasteiger partial charge in [0.2, 0.25) is 5.91 Å². The predicted molar refractivity (Wildman–Crippen MR) is 73.7 cm³/mol. The Hall–Kier alpha value is -0.570. The lowest BCUT2D eigenvalue weighted by Gasteiger charge is -2.27. The minimum absolute atomic E-state index is 0.0757. The first-order chi connectivity index (χ1) is 7.62. The normalized spacial score (nSPS) is 15.8. The molecular weight excluding hydrogens is 212 g/mol. The van der Waals surface area contributed by atoms with Gasteiger partial charge in [0.25, 0.3) is 0 Å². The van der Waals surface area contributed by atoms with Gasteiger partial charge < -0.3 is 11.1 Å². The molecule has 0 aromatic rings. The fourth-order valence-electron chi connectivity index (χ4n) is 2.55. The molecule has 0 heterocycles. The first-order valence-electron chi connectivity index (χ1n) is 6.67. The van der Waals surface area contributed by atoms with E-state index in [-0.39, 0.29) is 23.4 Å². The summed E-state index contributed by atoms with van der Waals surface area (Å²) in [5.41, 5.74) is 5.79. The molecular formula is C14H30N2O. The molecule has 0 aliphatic heterocycles. The first kappa shape index (κ1) is 16.4. The lowest BCUT2D eigenvalue weighted by molar-refractivity contribution is -0.123. The van der Waals surface area contributed by atoms with Crippen LogP contribution < -0.4 is 11.1 Å². The topological polar surface area (TPSA) is 55.1 Å². The van der Waals surface area contributed by atoms with Crippen molar-refractivity contribution in [3.63, 3.8) is 0 Å². The monoisotopic (exact) mass is 242 g/mol. The Labute approximate surface area is 107 Å². The highest BCUT2D eigenvalue weighted by Crippen LogP contribution is 2.28. The van der Waals surface area contributed by atoms with Crippen molar-refractivity contribution in [1.82, 2.24) is 5.32 Å². The SMILES string of the molecule is CC(C)CC(C)(C)CC(=O)NC(C)CC(C)N. The van der Waals surface area contributed by atoms with Crippen molar-refractivity contribution < 1.29 is 4.79 Å². The number of nitrogens with two attached hydrogens (primary N) is 1. The largest absolute Gasteiger partial charge is 0.354 e. The maximum absolute atomic E-state index is 11.9. The molecule has 1 amide bonds. The van der Waals surface area contributed by atoms with Crippen molar-refractivity contribution in [3.8, 4) is 0 Å². The van der Waals surface area contributed by atoms with Gasteiger partial charge in [0, 0.05) is 18.5 Å². The molecule has 102 valence electrons. The molecule has 3 heteroatoms. The fourth-order valence-corrected chi connectivity index (χ4v) is 2.55. The molecule has 0 saturated heterocycles. The Morgan fingerprint density at radius 2 is 1.76 bits per heavy atom. The van der Waals surface area contributed by atoms with Gasteiger partial charge in [-0.2, -0.15) is 0 Å². The van der Waals surface area contributed by atoms with Crippen LogP contribution in [-0.2, 0) is 4.79 Å². The van der Waals surface area contributed by atoms with Crippen LogP contribution in [0.4, 0.5) is 0 Å². The van der Waals surface area contributed by atoms with E-state index in [0.717, 1.165) is 12.8 Å². The van der Waals surface area contributed by atoms with E-state index in [1.807, 2.05) is 13.8 Å². The zero-order chi connectivity index (χ0) is 13.6. The summed E-state index contributed by atoms with van der Waals surface area (Å²) in [6, 6.07) is 0.298. The van der Waals surface area contributed by atoms with Gasteiger partial charge in [-0.3, -0.25) is 4.79 Å². The number of hydrogen-bond donors (Lipinski definition) is 2. The van der Waals surface area contributed by atoms with Crippen LogP contribution >= 0.6 is 0 Å². The summed E-state index contributed by atoms with van der Waals surface area (Å²) in [6.07, 6.45) is 2.49. The van der Waals surface area contributed by atoms with E-state index in [2.05, 4.69) is 33.0 Å². The average Bonchev–Trinajstić information content (AvgIpc) is 1.95. The minimum atomic E-state index is 0.0757. The first-order valence-corrected chi connectivity index (χ1v) is 6.67. The molecule has 3 N–H and O–H groups in total. The second-order valence-corrected chi connectivity index (χ2v) is 6.62. The van der Waals surface area contributed by atoms with Gasteiger partial charge in [0.15, 0.2) is 0 Å². The number of carbonyl (C=O) groups is 1. The summed E-state index contributed by atoms with van der Waals surface area (Å²) >= 11 is 0. The van der Waals surface area contributed by atoms with Crippen molar-refractivity contribution in [1.29, 1.82) is 0 Å². The smallest absolute Gasteiger partial charge is 0.220 e. The van der Waals surface area contributed by atoms with Gasteiger partial charge in [0.1, 0.15) is 0 Å². The predicted octanol–water partition coefficient (Wildman–Crippen LogP) is 2.69. The van der Waals surface area contributed by atoms with Crippen LogP contribution in [0.3, 0.4) is 0 Å². The maximum atomic E-state index is 11.9. The van der Waals surface area contributed by atoms with E-state index in [1.165, 1.54) is 0 Å². The second-order valence-electron chi connectivity index (χ2n) is 6.62. The van der Waals surface area contributed by atoms with Crippen LogP contribution in [0.25, 0.3) is 0 Å². The molecule has 0 spiro atoms. The Morgan fingerprint density at radius 3 is 2.18 bits per heavy atom. The minimum Gasteiger partial charge on any atom is -0.354 e. The maximum Gasteiger partial charge on any atom is 0.220 e. The molecule has 0 bridgehead atoms. The summed E-state index contributed by atoms with van der Waals surface area (Å²) in [5.74, 6) is 0.767. The van der Waals surface area contributed by atoms with E-state index in [0.29, 0.717) is 12.3 Å². The van der Waals surface area contributed by atoms with E-state index in [4.69, 9.17) is 5.73 Å². The van der Waals surface area contributed by atoms with E-state index in [1.54, 1.807) is 0 Å². The third kappa shape index (κ3) is 9.16. The Bertz CT molecular complexity index is 234. The Kier molecular flexibility index (Phi) is 6.76. The van der Waals surface area contributed by atoms with Crippen LogP contribution in [0.5, 0.6) is 0 Å². The van der Waals surface area contributed by atoms with Gasteiger partial charge >= 0.3 is 0 Å². The standard InChI is InChI=1S/C14H30N2O/c1-10(2)8-14(5,6)9-13(17)16-12(4)7-11(3)15/h10-12H,7-9,15H2,1-6H3,(H,16,17). The van der Waals surface area contributed by atoms with Crippen molar-refractivity contribution in [3.05, 3.63) is 0 Å². The number of amides is 1. The van der Waals surface area contributed by atoms with Crippen LogP contribution in [-0.4, -0.2) is 18.0 Å². The molecule has 0 aromatic carbocycles. The molecule has 0 rings (SSSR count). The van der Waals surface area contributed by atoms with Gasteiger partial charge in [-0.1, -0.05) is 27.7 Å². The van der Waals surface area contributed by atoms with E-state index < -0.39 is 0 Å². The number of rotatable bonds is 7. The summed E-state index contributed by atoms with van der Waals surface area (Å²) in [5, 5.41) is 3.02. The molecule has 2 atom stereocenters. The van der Waals surface area contributed by atoms with Crippen LogP contribution in [0.2, 0.25) is 0 Å². The van der Waals surface area contributed by atoms with Crippen molar-refractivity contribution in [2.75, 3.05) is 0 Å². The molecule has 0 aromatic heterocycles. The van der Waals surface area contributed by atoms with Crippen molar-refractivity contribution >= 4 is 5.91 Å². The van der Waals surface area contributed by atoms with E-state index >= 15 is 0 Å². The summed E-state index contributed by atoms with van der Waals surface area (Å²) in [4.78, 5) is 11.9. The molecule has 3 nitrogen and oxygen atoms in total. The highest BCUT2D eigenvalue weighted by Gasteiger charge is 2.23. The quantitative estimate of drug-likeness (QED) is 0.721. The fraction of sp³-hybridized carbons (Fsp3) is 0.929. The third-order valence-electron chi connectivity index (χ3n) is 2.73. The van der Waals surface area contributed by atoms with E-state index in [9.17, 15) is 4.79 Å². The second kappa shape index (κ2) is 7.00. The Balaban J connectivity index is 4.08. The molecule has 17 heavy (non-hydrogen) atoms. The summed E-state index contributed by atoms with van der Waals surface area (Å²) < 4.78 is 0. The van der Waals surface area contributed by atoms with Crippen molar-refractivity contribution in [2.45, 2.75) is 72.9 Å². The number of hydrogen-bond acceptors (Lipinski definition) is 2. The zero-order valence-corrected chi connectivity index (χ0v) is 12.3. The number of carbonyl (C=O) groups excluding carboxylic acids is 1. The highest BCUT2D eigenvalue weighted by molar-refractivity contribution is 5.76. The van der Waals surface area contributed by atoms with Crippen LogP contribution in [0.15, 0.2) is 0 Å². The molecule has 0 aliphatic carbocycles. The van der Waals surface area contributed by atoms with Crippen molar-refractivity contribution in [2.24, 2.45) is 17.1 Å². The summed E-state index contributed by atoms with van der Waals surface area (Å²) in [7, 11) is 0. The molecule has 2 unspecified atom stereocenters. The van der Waals surface area contributed by atoms with Gasteiger partial charge in [0.05, 0.1) is 0 Å². The third-order valence-corrected chi connectivity index (χ3v) is 2.73. The lowest BCUT2D eigenvalue weighted by atomic mass is 9.81.